The van der Waals surface area contributed by atoms with Gasteiger partial charge in [0.1, 0.15) is 29.7 Å². The Hall–Kier alpha value is -3.57. The van der Waals surface area contributed by atoms with Gasteiger partial charge in [-0.15, -0.1) is 0 Å². The summed E-state index contributed by atoms with van der Waals surface area (Å²) in [6, 6.07) is 3.65. The minimum atomic E-state index is -2.73. The number of nitrogens with one attached hydrogen (secondary N) is 1. The number of alkyl carbamates (subject to hydrolysis) is 1. The van der Waals surface area contributed by atoms with Crippen molar-refractivity contribution in [3.63, 3.8) is 0 Å². The fourth-order valence-electron chi connectivity index (χ4n) is 8.23. The van der Waals surface area contributed by atoms with E-state index in [1.807, 2.05) is 39.8 Å². The van der Waals surface area contributed by atoms with Crippen LogP contribution in [0.25, 0.3) is 11.0 Å². The zero-order chi connectivity index (χ0) is 33.8. The molecule has 1 aromatic carbocycles. The summed E-state index contributed by atoms with van der Waals surface area (Å²) in [5.74, 6) is -4.72. The van der Waals surface area contributed by atoms with E-state index in [1.165, 1.54) is 11.8 Å². The van der Waals surface area contributed by atoms with Crippen LogP contribution in [0.15, 0.2) is 18.2 Å². The van der Waals surface area contributed by atoms with Crippen LogP contribution in [0.1, 0.15) is 78.8 Å². The van der Waals surface area contributed by atoms with E-state index in [4.69, 9.17) is 24.2 Å². The van der Waals surface area contributed by atoms with Crippen molar-refractivity contribution in [2.75, 3.05) is 13.7 Å². The SMILES string of the molecule is CC[C@@H]1[C@@H]2CN(C(=O)[C@H](C(C)(C)C)NC(=O)O[C@@H]3CC4C([C@H]3CCCCCc3nc5ccc(OC)cc5nc3O2)C4(F)F)[C@@H]1C(C)=O. The second kappa shape index (κ2) is 12.5. The van der Waals surface area contributed by atoms with Crippen LogP contribution in [0.4, 0.5) is 13.6 Å². The van der Waals surface area contributed by atoms with E-state index in [0.29, 0.717) is 54.0 Å². The Morgan fingerprint density at radius 2 is 1.87 bits per heavy atom. The molecule has 1 saturated heterocycles. The molecule has 2 aliphatic carbocycles. The van der Waals surface area contributed by atoms with Crippen LogP contribution in [0.2, 0.25) is 0 Å². The molecule has 2 amide bonds. The molecule has 8 atom stereocenters. The predicted octanol–water partition coefficient (Wildman–Crippen LogP) is 5.74. The van der Waals surface area contributed by atoms with Crippen molar-refractivity contribution in [1.29, 1.82) is 0 Å². The van der Waals surface area contributed by atoms with Gasteiger partial charge in [-0.05, 0) is 56.6 Å². The summed E-state index contributed by atoms with van der Waals surface area (Å²) in [6.45, 7) is 9.02. The maximum absolute atomic E-state index is 14.6. The first kappa shape index (κ1) is 33.3. The number of hydrogen-bond acceptors (Lipinski definition) is 8. The molecular weight excluding hydrogens is 610 g/mol. The first-order valence-corrected chi connectivity index (χ1v) is 16.9. The molecule has 12 heteroatoms. The lowest BCUT2D eigenvalue weighted by molar-refractivity contribution is -0.141. The van der Waals surface area contributed by atoms with Crippen LogP contribution in [-0.4, -0.2) is 76.5 Å². The van der Waals surface area contributed by atoms with E-state index in [1.54, 1.807) is 13.2 Å². The molecule has 10 nitrogen and oxygen atoms in total. The highest BCUT2D eigenvalue weighted by atomic mass is 19.3. The molecule has 3 fully saturated rings. The normalized spacial score (nSPS) is 32.6. The fraction of sp³-hybridized carbons (Fsp3) is 0.686. The number of aromatic nitrogens is 2. The Morgan fingerprint density at radius 1 is 1.11 bits per heavy atom. The van der Waals surface area contributed by atoms with Crippen molar-refractivity contribution in [3.05, 3.63) is 23.9 Å². The van der Waals surface area contributed by atoms with Crippen LogP contribution >= 0.6 is 0 Å². The number of carbonyl (C=O) groups is 3. The number of methoxy groups -OCH3 is 1. The first-order valence-electron chi connectivity index (χ1n) is 16.9. The van der Waals surface area contributed by atoms with Crippen LogP contribution in [0, 0.1) is 29.1 Å². The minimum absolute atomic E-state index is 0.112. The van der Waals surface area contributed by atoms with Gasteiger partial charge in [-0.2, -0.15) is 0 Å². The highest BCUT2D eigenvalue weighted by Crippen LogP contribution is 2.68. The molecule has 0 spiro atoms. The van der Waals surface area contributed by atoms with Gasteiger partial charge in [0.2, 0.25) is 11.8 Å². The Balaban J connectivity index is 1.38. The van der Waals surface area contributed by atoms with Gasteiger partial charge in [0.05, 0.1) is 30.7 Å². The van der Waals surface area contributed by atoms with Gasteiger partial charge in [0.15, 0.2) is 5.78 Å². The van der Waals surface area contributed by atoms with Crippen molar-refractivity contribution >= 4 is 28.8 Å². The van der Waals surface area contributed by atoms with Gasteiger partial charge in [-0.3, -0.25) is 9.59 Å². The quantitative estimate of drug-likeness (QED) is 0.445. The van der Waals surface area contributed by atoms with E-state index >= 15 is 0 Å². The Labute approximate surface area is 274 Å². The van der Waals surface area contributed by atoms with E-state index in [2.05, 4.69) is 5.32 Å². The van der Waals surface area contributed by atoms with Gasteiger partial charge >= 0.3 is 6.09 Å². The van der Waals surface area contributed by atoms with Crippen LogP contribution in [-0.2, 0) is 20.7 Å². The molecule has 0 radical (unpaired) electrons. The third kappa shape index (κ3) is 6.24. The lowest BCUT2D eigenvalue weighted by Gasteiger charge is -2.36. The zero-order valence-corrected chi connectivity index (χ0v) is 28.1. The predicted molar refractivity (Wildman–Crippen MR) is 169 cm³/mol. The number of alkyl halides is 2. The van der Waals surface area contributed by atoms with Crippen molar-refractivity contribution < 1.29 is 37.4 Å². The summed E-state index contributed by atoms with van der Waals surface area (Å²) < 4.78 is 47.0. The van der Waals surface area contributed by atoms with Gasteiger partial charge in [-0.1, -0.05) is 40.5 Å². The number of fused-ring (bicyclic) bond motifs is 7. The van der Waals surface area contributed by atoms with E-state index < -0.39 is 65.4 Å². The average molecular weight is 657 g/mol. The van der Waals surface area contributed by atoms with Crippen molar-refractivity contribution in [3.8, 4) is 11.6 Å². The zero-order valence-electron chi connectivity index (χ0n) is 28.1. The van der Waals surface area contributed by atoms with E-state index in [0.717, 1.165) is 12.8 Å². The number of carbonyl (C=O) groups excluding carboxylic acids is 3. The number of halogens is 2. The standard InChI is InChI=1S/C35H46F2N4O6/c1-7-20-27-17-41(29(20)18(2)42)32(43)30(34(3,4)5)40-33(44)47-26-16-22-28(35(22,36)37)21(26)11-9-8-10-12-24-31(46-27)39-25-15-19(45-6)13-14-23(25)38-24/h13-15,20-22,26-30H,7-12,16-17H2,1-6H3,(H,40,44)/t20-,21+,22?,26-,27+,28?,29-,30-/m1/s1. The highest BCUT2D eigenvalue weighted by Gasteiger charge is 2.76. The Bertz CT molecular complexity index is 1550. The second-order valence-corrected chi connectivity index (χ2v) is 14.8. The van der Waals surface area contributed by atoms with Gasteiger partial charge in [0, 0.05) is 29.7 Å². The van der Waals surface area contributed by atoms with Crippen LogP contribution in [0.3, 0.4) is 0 Å². The van der Waals surface area contributed by atoms with Crippen molar-refractivity contribution in [2.24, 2.45) is 29.1 Å². The third-order valence-corrected chi connectivity index (χ3v) is 10.7. The average Bonchev–Trinajstić information content (AvgIpc) is 3.28. The number of benzene rings is 1. The molecular formula is C35H46F2N4O6. The number of aryl methyl sites for hydroxylation is 1. The van der Waals surface area contributed by atoms with E-state index in [-0.39, 0.29) is 24.7 Å². The summed E-state index contributed by atoms with van der Waals surface area (Å²) >= 11 is 0. The van der Waals surface area contributed by atoms with Crippen molar-refractivity contribution in [1.82, 2.24) is 20.2 Å². The molecule has 1 N–H and O–H groups in total. The smallest absolute Gasteiger partial charge is 0.408 e. The second-order valence-electron chi connectivity index (χ2n) is 14.8. The number of ether oxygens (including phenoxy) is 3. The summed E-state index contributed by atoms with van der Waals surface area (Å²) in [7, 11) is 1.58. The maximum atomic E-state index is 14.6. The Morgan fingerprint density at radius 3 is 2.55 bits per heavy atom. The lowest BCUT2D eigenvalue weighted by atomic mass is 9.85. The minimum Gasteiger partial charge on any atom is -0.497 e. The number of ketones is 1. The summed E-state index contributed by atoms with van der Waals surface area (Å²) in [4.78, 5) is 52.1. The van der Waals surface area contributed by atoms with Gasteiger partial charge < -0.3 is 24.4 Å². The molecule has 47 heavy (non-hydrogen) atoms. The van der Waals surface area contributed by atoms with Crippen molar-refractivity contribution in [2.45, 2.75) is 110 Å². The molecule has 256 valence electrons. The lowest BCUT2D eigenvalue weighted by Crippen LogP contribution is -2.57. The molecule has 2 unspecified atom stereocenters. The third-order valence-electron chi connectivity index (χ3n) is 10.7. The monoisotopic (exact) mass is 656 g/mol. The molecule has 2 saturated carbocycles. The number of nitrogens with zero attached hydrogens (tertiary/aromatic N) is 3. The first-order chi connectivity index (χ1) is 22.2. The molecule has 2 aliphatic heterocycles. The largest absolute Gasteiger partial charge is 0.497 e. The Kier molecular flexibility index (Phi) is 8.84. The molecule has 6 rings (SSSR count). The number of hydrogen-bond donors (Lipinski definition) is 1. The molecule has 2 bridgehead atoms. The van der Waals surface area contributed by atoms with Crippen LogP contribution < -0.4 is 14.8 Å². The summed E-state index contributed by atoms with van der Waals surface area (Å²) in [5, 5.41) is 2.77. The maximum Gasteiger partial charge on any atom is 0.408 e. The molecule has 2 aromatic rings. The molecule has 4 aliphatic rings. The highest BCUT2D eigenvalue weighted by molar-refractivity contribution is 5.92. The topological polar surface area (TPSA) is 120 Å². The van der Waals surface area contributed by atoms with Gasteiger partial charge in [0.25, 0.3) is 5.92 Å². The fourth-order valence-corrected chi connectivity index (χ4v) is 8.23. The number of amides is 2. The summed E-state index contributed by atoms with van der Waals surface area (Å²) in [5.41, 5.74) is 1.19. The number of Topliss-reactive ketones (excluding diaryl/α,β-unsaturated/α-hetero) is 1. The molecule has 3 heterocycles. The summed E-state index contributed by atoms with van der Waals surface area (Å²) in [6.07, 6.45) is 1.93. The van der Waals surface area contributed by atoms with Gasteiger partial charge in [-0.25, -0.2) is 23.5 Å². The number of rotatable bonds is 3. The van der Waals surface area contributed by atoms with Crippen LogP contribution in [0.5, 0.6) is 11.6 Å². The molecule has 1 aromatic heterocycles. The van der Waals surface area contributed by atoms with E-state index in [9.17, 15) is 23.2 Å².